The minimum absolute atomic E-state index is 0.0693. The number of rotatable bonds is 3. The van der Waals surface area contributed by atoms with E-state index in [9.17, 15) is 8.42 Å². The van der Waals surface area contributed by atoms with Crippen LogP contribution < -0.4 is 4.31 Å². The van der Waals surface area contributed by atoms with Crippen molar-refractivity contribution in [1.29, 1.82) is 0 Å². The minimum Gasteiger partial charge on any atom is -0.253 e. The van der Waals surface area contributed by atoms with Crippen molar-refractivity contribution in [3.8, 4) is 0 Å². The van der Waals surface area contributed by atoms with Gasteiger partial charge in [0.25, 0.3) is 10.0 Å². The van der Waals surface area contributed by atoms with E-state index < -0.39 is 10.0 Å². The molecule has 0 bridgehead atoms. The van der Waals surface area contributed by atoms with Gasteiger partial charge in [-0.2, -0.15) is 0 Å². The van der Waals surface area contributed by atoms with Crippen LogP contribution in [-0.2, 0) is 10.0 Å². The molecule has 0 saturated carbocycles. The highest BCUT2D eigenvalue weighted by Gasteiger charge is 2.24. The largest absolute Gasteiger partial charge is 0.266 e. The maximum Gasteiger partial charge on any atom is 0.266 e. The van der Waals surface area contributed by atoms with Gasteiger partial charge in [-0.3, -0.25) is 4.31 Å². The first kappa shape index (κ1) is 12.9. The Hall–Kier alpha value is -1.59. The highest BCUT2D eigenvalue weighted by atomic mass is 35.5. The van der Waals surface area contributed by atoms with E-state index in [0.29, 0.717) is 5.82 Å². The average molecular weight is 283 g/mol. The Labute approximate surface area is 111 Å². The molecule has 0 aliphatic heterocycles. The quantitative estimate of drug-likeness (QED) is 0.869. The Morgan fingerprint density at radius 3 is 2.39 bits per heavy atom. The van der Waals surface area contributed by atoms with Gasteiger partial charge in [0.15, 0.2) is 0 Å². The number of halogens is 1. The van der Waals surface area contributed by atoms with Gasteiger partial charge in [-0.05, 0) is 24.3 Å². The summed E-state index contributed by atoms with van der Waals surface area (Å²) in [5.74, 6) is 0.345. The van der Waals surface area contributed by atoms with Gasteiger partial charge in [-0.15, -0.1) is 0 Å². The van der Waals surface area contributed by atoms with E-state index in [-0.39, 0.29) is 9.92 Å². The molecule has 0 amide bonds. The fourth-order valence-electron chi connectivity index (χ4n) is 1.46. The van der Waals surface area contributed by atoms with Crippen molar-refractivity contribution in [2.45, 2.75) is 4.90 Å². The molecule has 1 aromatic heterocycles. The first-order chi connectivity index (χ1) is 8.53. The Morgan fingerprint density at radius 1 is 1.11 bits per heavy atom. The van der Waals surface area contributed by atoms with Crippen LogP contribution in [0.15, 0.2) is 53.6 Å². The van der Waals surface area contributed by atoms with Crippen LogP contribution >= 0.6 is 11.6 Å². The Bertz CT molecular complexity index is 644. The van der Waals surface area contributed by atoms with Gasteiger partial charge in [0.1, 0.15) is 10.7 Å². The number of sulfonamides is 1. The molecule has 0 saturated heterocycles. The second kappa shape index (κ2) is 4.96. The van der Waals surface area contributed by atoms with Gasteiger partial charge < -0.3 is 0 Å². The minimum atomic E-state index is -3.68. The summed E-state index contributed by atoms with van der Waals surface area (Å²) in [4.78, 5) is 4.07. The summed E-state index contributed by atoms with van der Waals surface area (Å²) in [7, 11) is -2.24. The van der Waals surface area contributed by atoms with Crippen LogP contribution in [0.1, 0.15) is 0 Å². The molecule has 94 valence electrons. The van der Waals surface area contributed by atoms with E-state index in [4.69, 9.17) is 11.6 Å². The van der Waals surface area contributed by atoms with E-state index in [2.05, 4.69) is 4.98 Å². The first-order valence-electron chi connectivity index (χ1n) is 5.18. The molecule has 2 aromatic rings. The van der Waals surface area contributed by atoms with Crippen LogP contribution in [0.2, 0.25) is 5.02 Å². The molecule has 0 unspecified atom stereocenters. The third kappa shape index (κ3) is 2.32. The molecular weight excluding hydrogens is 272 g/mol. The van der Waals surface area contributed by atoms with Gasteiger partial charge in [-0.1, -0.05) is 29.8 Å². The van der Waals surface area contributed by atoms with Crippen molar-refractivity contribution >= 4 is 27.4 Å². The number of hydrogen-bond acceptors (Lipinski definition) is 3. The standard InChI is InChI=1S/C12H11ClN2O2S/c1-15(12-8-4-5-9-14-12)18(16,17)11-7-3-2-6-10(11)13/h2-9H,1H3. The lowest BCUT2D eigenvalue weighted by Crippen LogP contribution is -2.27. The average Bonchev–Trinajstić information content (AvgIpc) is 2.39. The number of benzene rings is 1. The summed E-state index contributed by atoms with van der Waals surface area (Å²) in [5.41, 5.74) is 0. The van der Waals surface area contributed by atoms with Crippen LogP contribution in [0.4, 0.5) is 5.82 Å². The molecule has 0 N–H and O–H groups in total. The van der Waals surface area contributed by atoms with Gasteiger partial charge in [-0.25, -0.2) is 13.4 Å². The van der Waals surface area contributed by atoms with Gasteiger partial charge in [0.2, 0.25) is 0 Å². The Balaban J connectivity index is 2.48. The smallest absolute Gasteiger partial charge is 0.253 e. The van der Waals surface area contributed by atoms with Gasteiger partial charge in [0.05, 0.1) is 5.02 Å². The monoisotopic (exact) mass is 282 g/mol. The SMILES string of the molecule is CN(c1ccccn1)S(=O)(=O)c1ccccc1Cl. The number of aromatic nitrogens is 1. The second-order valence-corrected chi connectivity index (χ2v) is 5.94. The summed E-state index contributed by atoms with van der Waals surface area (Å²) in [5, 5.41) is 0.195. The van der Waals surface area contributed by atoms with Crippen LogP contribution in [0.25, 0.3) is 0 Å². The molecule has 0 aliphatic carbocycles. The van der Waals surface area contributed by atoms with Crippen molar-refractivity contribution in [3.05, 3.63) is 53.7 Å². The fraction of sp³-hybridized carbons (Fsp3) is 0.0833. The zero-order chi connectivity index (χ0) is 13.2. The highest BCUT2D eigenvalue weighted by molar-refractivity contribution is 7.92. The lowest BCUT2D eigenvalue weighted by Gasteiger charge is -2.18. The third-order valence-electron chi connectivity index (χ3n) is 2.45. The summed E-state index contributed by atoms with van der Waals surface area (Å²) in [6.07, 6.45) is 1.54. The van der Waals surface area contributed by atoms with E-state index in [1.165, 1.54) is 19.3 Å². The molecule has 4 nitrogen and oxygen atoms in total. The molecule has 6 heteroatoms. The molecule has 1 aromatic carbocycles. The number of anilines is 1. The van der Waals surface area contributed by atoms with Gasteiger partial charge in [0, 0.05) is 13.2 Å². The van der Waals surface area contributed by atoms with Crippen molar-refractivity contribution < 1.29 is 8.42 Å². The summed E-state index contributed by atoms with van der Waals surface area (Å²) in [6, 6.07) is 11.4. The van der Waals surface area contributed by atoms with Crippen molar-refractivity contribution in [2.75, 3.05) is 11.4 Å². The lowest BCUT2D eigenvalue weighted by atomic mass is 10.4. The summed E-state index contributed by atoms with van der Waals surface area (Å²) in [6.45, 7) is 0. The van der Waals surface area contributed by atoms with Crippen molar-refractivity contribution in [2.24, 2.45) is 0 Å². The molecular formula is C12H11ClN2O2S. The molecule has 0 aliphatic rings. The molecule has 0 atom stereocenters. The predicted molar refractivity (Wildman–Crippen MR) is 71.3 cm³/mol. The Morgan fingerprint density at radius 2 is 1.78 bits per heavy atom. The van der Waals surface area contributed by atoms with Crippen molar-refractivity contribution in [3.63, 3.8) is 0 Å². The van der Waals surface area contributed by atoms with E-state index in [1.54, 1.807) is 36.4 Å². The molecule has 0 spiro atoms. The maximum atomic E-state index is 12.4. The number of pyridine rings is 1. The van der Waals surface area contributed by atoms with E-state index >= 15 is 0 Å². The van der Waals surface area contributed by atoms with E-state index in [0.717, 1.165) is 4.31 Å². The normalized spacial score (nSPS) is 11.2. The number of hydrogen-bond donors (Lipinski definition) is 0. The number of nitrogens with zero attached hydrogens (tertiary/aromatic N) is 2. The highest BCUT2D eigenvalue weighted by Crippen LogP contribution is 2.25. The topological polar surface area (TPSA) is 50.3 Å². The summed E-state index contributed by atoms with van der Waals surface area (Å²) >= 11 is 5.91. The van der Waals surface area contributed by atoms with Crippen LogP contribution in [0.3, 0.4) is 0 Å². The summed E-state index contributed by atoms with van der Waals surface area (Å²) < 4.78 is 25.8. The predicted octanol–water partition coefficient (Wildman–Crippen LogP) is 2.56. The second-order valence-electron chi connectivity index (χ2n) is 3.59. The zero-order valence-electron chi connectivity index (χ0n) is 9.62. The molecule has 0 radical (unpaired) electrons. The third-order valence-corrected chi connectivity index (χ3v) is 4.71. The molecule has 18 heavy (non-hydrogen) atoms. The van der Waals surface area contributed by atoms with Gasteiger partial charge >= 0.3 is 0 Å². The molecule has 2 rings (SSSR count). The van der Waals surface area contributed by atoms with Crippen LogP contribution in [0.5, 0.6) is 0 Å². The fourth-order valence-corrected chi connectivity index (χ4v) is 3.11. The molecule has 1 heterocycles. The van der Waals surface area contributed by atoms with Crippen molar-refractivity contribution in [1.82, 2.24) is 4.98 Å². The molecule has 0 fully saturated rings. The van der Waals surface area contributed by atoms with E-state index in [1.807, 2.05) is 0 Å². The zero-order valence-corrected chi connectivity index (χ0v) is 11.2. The lowest BCUT2D eigenvalue weighted by molar-refractivity contribution is 0.594. The van der Waals surface area contributed by atoms with Crippen LogP contribution in [0, 0.1) is 0 Å². The maximum absolute atomic E-state index is 12.4. The first-order valence-corrected chi connectivity index (χ1v) is 7.00. The van der Waals surface area contributed by atoms with Crippen LogP contribution in [-0.4, -0.2) is 20.4 Å². The Kier molecular flexibility index (Phi) is 3.54.